The molecule has 37 heavy (non-hydrogen) atoms. The fraction of sp³-hybridized carbons (Fsp3) is 0.161. The van der Waals surface area contributed by atoms with Crippen LogP contribution in [0.3, 0.4) is 0 Å². The number of nitrogens with zero attached hydrogens (tertiary/aromatic N) is 2. The molecule has 0 aliphatic carbocycles. The zero-order valence-corrected chi connectivity index (χ0v) is 22.1. The fourth-order valence-corrected chi connectivity index (χ4v) is 5.34. The lowest BCUT2D eigenvalue weighted by atomic mass is 9.84. The lowest BCUT2D eigenvalue weighted by Crippen LogP contribution is -2.23. The van der Waals surface area contributed by atoms with Gasteiger partial charge in [0.1, 0.15) is 5.75 Å². The number of carbonyl (C=O) groups is 1. The molecule has 0 bridgehead atoms. The second-order valence-corrected chi connectivity index (χ2v) is 9.74. The Morgan fingerprint density at radius 1 is 0.892 bits per heavy atom. The molecule has 4 nitrogen and oxygen atoms in total. The molecule has 2 unspecified atom stereocenters. The summed E-state index contributed by atoms with van der Waals surface area (Å²) >= 11 is 12.7. The van der Waals surface area contributed by atoms with Crippen molar-refractivity contribution < 1.29 is 9.53 Å². The van der Waals surface area contributed by atoms with Crippen LogP contribution in [0.1, 0.15) is 52.6 Å². The summed E-state index contributed by atoms with van der Waals surface area (Å²) in [6, 6.07) is 27.5. The summed E-state index contributed by atoms with van der Waals surface area (Å²) in [5.41, 5.74) is 2.58. The van der Waals surface area contributed by atoms with Crippen LogP contribution >= 0.6 is 23.2 Å². The molecule has 0 fully saturated rings. The molecular weight excluding hydrogens is 503 g/mol. The van der Waals surface area contributed by atoms with Crippen LogP contribution in [0, 0.1) is 0 Å². The Kier molecular flexibility index (Phi) is 7.31. The molecule has 0 radical (unpaired) electrons. The number of para-hydroxylation sites is 1. The van der Waals surface area contributed by atoms with Crippen molar-refractivity contribution in [2.45, 2.75) is 25.3 Å². The van der Waals surface area contributed by atoms with Gasteiger partial charge in [-0.3, -0.25) is 4.79 Å². The third-order valence-electron chi connectivity index (χ3n) is 6.83. The molecule has 5 rings (SSSR count). The van der Waals surface area contributed by atoms with E-state index < -0.39 is 0 Å². The molecule has 0 saturated carbocycles. The summed E-state index contributed by atoms with van der Waals surface area (Å²) < 4.78 is 7.46. The molecule has 2 atom stereocenters. The summed E-state index contributed by atoms with van der Waals surface area (Å²) in [4.78, 5) is 18.3. The second kappa shape index (κ2) is 10.8. The number of aromatic nitrogens is 2. The first-order valence-corrected chi connectivity index (χ1v) is 12.9. The lowest BCUT2D eigenvalue weighted by Gasteiger charge is -2.30. The maximum atomic E-state index is 13.8. The van der Waals surface area contributed by atoms with Crippen molar-refractivity contribution in [1.82, 2.24) is 9.55 Å². The number of carbonyl (C=O) groups excluding carboxylic acids is 1. The van der Waals surface area contributed by atoms with Gasteiger partial charge in [0.05, 0.1) is 28.8 Å². The number of hydrogen-bond donors (Lipinski definition) is 0. The van der Waals surface area contributed by atoms with Crippen LogP contribution in [0.2, 0.25) is 10.0 Å². The molecular formula is C31H26Cl2N2O2. The van der Waals surface area contributed by atoms with Gasteiger partial charge >= 0.3 is 0 Å². The zero-order valence-electron chi connectivity index (χ0n) is 20.6. The first kappa shape index (κ1) is 25.1. The monoisotopic (exact) mass is 528 g/mol. The van der Waals surface area contributed by atoms with Gasteiger partial charge in [0, 0.05) is 18.3 Å². The smallest absolute Gasteiger partial charge is 0.232 e. The molecule has 0 aliphatic rings. The van der Waals surface area contributed by atoms with Gasteiger partial charge < -0.3 is 9.30 Å². The number of rotatable bonds is 8. The number of imidazole rings is 1. The van der Waals surface area contributed by atoms with Crippen LogP contribution in [-0.2, 0) is 0 Å². The topological polar surface area (TPSA) is 44.1 Å². The third-order valence-corrected chi connectivity index (χ3v) is 7.57. The Labute approximate surface area is 226 Å². The van der Waals surface area contributed by atoms with Gasteiger partial charge in [-0.05, 0) is 58.7 Å². The van der Waals surface area contributed by atoms with E-state index >= 15 is 0 Å². The van der Waals surface area contributed by atoms with Crippen molar-refractivity contribution in [2.24, 2.45) is 0 Å². The van der Waals surface area contributed by atoms with Crippen molar-refractivity contribution in [1.29, 1.82) is 0 Å². The van der Waals surface area contributed by atoms with Crippen LogP contribution in [0.15, 0.2) is 97.3 Å². The molecule has 5 aromatic rings. The molecule has 1 aromatic heterocycles. The van der Waals surface area contributed by atoms with Crippen LogP contribution in [0.4, 0.5) is 0 Å². The largest absolute Gasteiger partial charge is 0.496 e. The maximum Gasteiger partial charge on any atom is 0.232 e. The Bertz CT molecular complexity index is 1580. The predicted molar refractivity (Wildman–Crippen MR) is 150 cm³/mol. The molecule has 1 heterocycles. The minimum Gasteiger partial charge on any atom is -0.496 e. The van der Waals surface area contributed by atoms with Gasteiger partial charge in [0.2, 0.25) is 5.78 Å². The van der Waals surface area contributed by atoms with E-state index in [-0.39, 0.29) is 17.7 Å². The number of ether oxygens (including phenoxy) is 1. The number of benzene rings is 4. The first-order valence-electron chi connectivity index (χ1n) is 12.2. The minimum absolute atomic E-state index is 0.00523. The van der Waals surface area contributed by atoms with E-state index in [1.807, 2.05) is 53.2 Å². The van der Waals surface area contributed by atoms with E-state index in [1.165, 1.54) is 0 Å². The fourth-order valence-electron chi connectivity index (χ4n) is 5.03. The van der Waals surface area contributed by atoms with E-state index in [1.54, 1.807) is 25.4 Å². The summed E-state index contributed by atoms with van der Waals surface area (Å²) in [5, 5.41) is 3.30. The van der Waals surface area contributed by atoms with E-state index in [2.05, 4.69) is 42.2 Å². The van der Waals surface area contributed by atoms with Crippen molar-refractivity contribution in [3.8, 4) is 5.75 Å². The van der Waals surface area contributed by atoms with Crippen molar-refractivity contribution >= 4 is 39.8 Å². The van der Waals surface area contributed by atoms with Gasteiger partial charge in [-0.25, -0.2) is 4.98 Å². The highest BCUT2D eigenvalue weighted by molar-refractivity contribution is 6.42. The molecule has 186 valence electrons. The predicted octanol–water partition coefficient (Wildman–Crippen LogP) is 8.37. The number of methoxy groups -OCH3 is 1. The third kappa shape index (κ3) is 4.87. The Morgan fingerprint density at radius 3 is 2.38 bits per heavy atom. The van der Waals surface area contributed by atoms with Gasteiger partial charge in [-0.2, -0.15) is 0 Å². The lowest BCUT2D eigenvalue weighted by molar-refractivity contribution is 0.102. The van der Waals surface area contributed by atoms with Crippen LogP contribution < -0.4 is 4.74 Å². The summed E-state index contributed by atoms with van der Waals surface area (Å²) in [5.74, 6) is 0.661. The molecule has 6 heteroatoms. The minimum atomic E-state index is -0.219. The maximum absolute atomic E-state index is 13.8. The number of ketones is 1. The highest BCUT2D eigenvalue weighted by Gasteiger charge is 2.30. The van der Waals surface area contributed by atoms with Crippen LogP contribution in [0.5, 0.6) is 5.75 Å². The van der Waals surface area contributed by atoms with Gasteiger partial charge in [-0.15, -0.1) is 0 Å². The van der Waals surface area contributed by atoms with E-state index in [0.717, 1.165) is 28.3 Å². The molecule has 0 saturated heterocycles. The Hall–Kier alpha value is -3.60. The Balaban J connectivity index is 1.70. The molecule has 0 spiro atoms. The number of halogens is 2. The molecule has 0 aliphatic heterocycles. The van der Waals surface area contributed by atoms with Crippen molar-refractivity contribution in [2.75, 3.05) is 7.11 Å². The Morgan fingerprint density at radius 2 is 1.62 bits per heavy atom. The zero-order chi connectivity index (χ0) is 25.9. The van der Waals surface area contributed by atoms with Gasteiger partial charge in [-0.1, -0.05) is 84.7 Å². The first-order chi connectivity index (χ1) is 18.0. The van der Waals surface area contributed by atoms with Crippen molar-refractivity contribution in [3.63, 3.8) is 0 Å². The quantitative estimate of drug-likeness (QED) is 0.190. The summed E-state index contributed by atoms with van der Waals surface area (Å²) in [6.07, 6.45) is 4.36. The summed E-state index contributed by atoms with van der Waals surface area (Å²) in [7, 11) is 1.56. The van der Waals surface area contributed by atoms with E-state index in [0.29, 0.717) is 27.2 Å². The SMILES string of the molecule is CCC(c1ccc(Cl)c(Cl)c1)C(c1ccc2ccccc2c1)n1ccnc1C(=O)c1ccccc1OC. The summed E-state index contributed by atoms with van der Waals surface area (Å²) in [6.45, 7) is 2.14. The average molecular weight is 529 g/mol. The normalized spacial score (nSPS) is 12.9. The highest BCUT2D eigenvalue weighted by atomic mass is 35.5. The standard InChI is InChI=1S/C31H26Cl2N2O2/c1-3-24(22-14-15-26(32)27(33)19-22)29(23-13-12-20-8-4-5-9-21(20)18-23)35-17-16-34-31(35)30(36)25-10-6-7-11-28(25)37-2/h4-19,24,29H,3H2,1-2H3. The van der Waals surface area contributed by atoms with Crippen LogP contribution in [0.25, 0.3) is 10.8 Å². The van der Waals surface area contributed by atoms with Gasteiger partial charge in [0.15, 0.2) is 5.82 Å². The number of hydrogen-bond acceptors (Lipinski definition) is 3. The highest BCUT2D eigenvalue weighted by Crippen LogP contribution is 2.40. The second-order valence-electron chi connectivity index (χ2n) is 8.93. The van der Waals surface area contributed by atoms with E-state index in [9.17, 15) is 4.79 Å². The van der Waals surface area contributed by atoms with Gasteiger partial charge in [0.25, 0.3) is 0 Å². The molecule has 0 amide bonds. The molecule has 0 N–H and O–H groups in total. The average Bonchev–Trinajstić information content (AvgIpc) is 3.42. The van der Waals surface area contributed by atoms with Crippen LogP contribution in [-0.4, -0.2) is 22.4 Å². The number of fused-ring (bicyclic) bond motifs is 1. The van der Waals surface area contributed by atoms with Crippen molar-refractivity contribution in [3.05, 3.63) is 130 Å². The van der Waals surface area contributed by atoms with E-state index in [4.69, 9.17) is 27.9 Å². The molecule has 4 aromatic carbocycles.